The molecule has 4 rings (SSSR count). The molecule has 1 nitrogen and oxygen atoms in total. The van der Waals surface area contributed by atoms with Crippen LogP contribution in [-0.2, 0) is 0 Å². The van der Waals surface area contributed by atoms with E-state index in [1.54, 1.807) is 0 Å². The quantitative estimate of drug-likeness (QED) is 0.372. The third kappa shape index (κ3) is 3.36. The van der Waals surface area contributed by atoms with Crippen molar-refractivity contribution in [1.82, 2.24) is 4.98 Å². The molecule has 0 unspecified atom stereocenters. The molecule has 0 aliphatic carbocycles. The molecule has 1 heterocycles. The van der Waals surface area contributed by atoms with E-state index in [4.69, 9.17) is 4.98 Å². The smallest absolute Gasteiger partial charge is 0.0715 e. The van der Waals surface area contributed by atoms with E-state index < -0.39 is 0 Å². The lowest BCUT2D eigenvalue weighted by molar-refractivity contribution is 1.24. The molecule has 0 fully saturated rings. The van der Waals surface area contributed by atoms with Crippen LogP contribution >= 0.6 is 0 Å². The van der Waals surface area contributed by atoms with Crippen molar-refractivity contribution in [3.8, 4) is 33.6 Å². The second-order valence-electron chi connectivity index (χ2n) is 7.49. The molecule has 1 heteroatoms. The van der Waals surface area contributed by atoms with Gasteiger partial charge in [0, 0.05) is 11.1 Å². The third-order valence-electron chi connectivity index (χ3n) is 5.62. The molecular formula is C27H25N. The molecule has 0 aliphatic rings. The molecule has 0 N–H and O–H groups in total. The Bertz CT molecular complexity index is 1040. The van der Waals surface area contributed by atoms with Gasteiger partial charge in [-0.25, -0.2) is 4.98 Å². The van der Waals surface area contributed by atoms with Gasteiger partial charge < -0.3 is 0 Å². The Kier molecular flexibility index (Phi) is 4.83. The lowest BCUT2D eigenvalue weighted by Crippen LogP contribution is -1.97. The Labute approximate surface area is 167 Å². The highest BCUT2D eigenvalue weighted by molar-refractivity contribution is 5.80. The van der Waals surface area contributed by atoms with Gasteiger partial charge in [-0.2, -0.15) is 0 Å². The van der Waals surface area contributed by atoms with Crippen molar-refractivity contribution in [2.45, 2.75) is 27.7 Å². The zero-order valence-corrected chi connectivity index (χ0v) is 17.0. The molecule has 0 aliphatic heterocycles. The van der Waals surface area contributed by atoms with Crippen LogP contribution in [0.5, 0.6) is 0 Å². The first-order chi connectivity index (χ1) is 13.5. The van der Waals surface area contributed by atoms with E-state index in [2.05, 4.69) is 94.4 Å². The fourth-order valence-corrected chi connectivity index (χ4v) is 3.84. The molecule has 0 saturated carbocycles. The van der Waals surface area contributed by atoms with Gasteiger partial charge in [-0.15, -0.1) is 0 Å². The molecular weight excluding hydrogens is 338 g/mol. The monoisotopic (exact) mass is 363 g/mol. The standard InChI is InChI=1S/C27H25N/c1-18-15-19(2)21(4)27(20(18)3)24-16-25(22-11-7-5-8-12-22)28-26(17-24)23-13-9-6-10-14-23/h5-17H,1-4H3. The number of rotatable bonds is 3. The second-order valence-corrected chi connectivity index (χ2v) is 7.49. The van der Waals surface area contributed by atoms with Crippen molar-refractivity contribution < 1.29 is 0 Å². The highest BCUT2D eigenvalue weighted by atomic mass is 14.7. The Hall–Kier alpha value is -3.19. The number of hydrogen-bond donors (Lipinski definition) is 0. The maximum absolute atomic E-state index is 5.00. The Morgan fingerprint density at radius 2 is 0.929 bits per heavy atom. The van der Waals surface area contributed by atoms with Crippen LogP contribution in [0.1, 0.15) is 22.3 Å². The van der Waals surface area contributed by atoms with Crippen LogP contribution < -0.4 is 0 Å². The highest BCUT2D eigenvalue weighted by Gasteiger charge is 2.14. The van der Waals surface area contributed by atoms with Gasteiger partial charge in [-0.1, -0.05) is 66.7 Å². The molecule has 138 valence electrons. The van der Waals surface area contributed by atoms with Crippen LogP contribution in [0, 0.1) is 27.7 Å². The normalized spacial score (nSPS) is 10.9. The number of benzene rings is 3. The maximum atomic E-state index is 5.00. The largest absolute Gasteiger partial charge is 0.248 e. The van der Waals surface area contributed by atoms with Gasteiger partial charge in [-0.05, 0) is 73.2 Å². The van der Waals surface area contributed by atoms with Crippen molar-refractivity contribution in [3.05, 3.63) is 101 Å². The van der Waals surface area contributed by atoms with Gasteiger partial charge in [0.2, 0.25) is 0 Å². The minimum atomic E-state index is 1.01. The average molecular weight is 364 g/mol. The fourth-order valence-electron chi connectivity index (χ4n) is 3.84. The van der Waals surface area contributed by atoms with E-state index in [1.165, 1.54) is 33.4 Å². The first-order valence-electron chi connectivity index (χ1n) is 9.75. The third-order valence-corrected chi connectivity index (χ3v) is 5.62. The van der Waals surface area contributed by atoms with E-state index in [0.29, 0.717) is 0 Å². The Balaban J connectivity index is 2.01. The van der Waals surface area contributed by atoms with Crippen molar-refractivity contribution in [3.63, 3.8) is 0 Å². The molecule has 0 amide bonds. The first kappa shape index (κ1) is 18.2. The Morgan fingerprint density at radius 1 is 0.500 bits per heavy atom. The number of nitrogens with zero attached hydrogens (tertiary/aromatic N) is 1. The van der Waals surface area contributed by atoms with Crippen LogP contribution in [0.25, 0.3) is 33.6 Å². The van der Waals surface area contributed by atoms with Gasteiger partial charge in [0.1, 0.15) is 0 Å². The van der Waals surface area contributed by atoms with Crippen molar-refractivity contribution in [2.75, 3.05) is 0 Å². The topological polar surface area (TPSA) is 12.9 Å². The predicted octanol–water partition coefficient (Wildman–Crippen LogP) is 7.32. The minimum absolute atomic E-state index is 1.01. The summed E-state index contributed by atoms with van der Waals surface area (Å²) in [5, 5.41) is 0. The number of aromatic nitrogens is 1. The SMILES string of the molecule is Cc1cc(C)c(C)c(-c2cc(-c3ccccc3)nc(-c3ccccc3)c2)c1C. The van der Waals surface area contributed by atoms with Crippen LogP contribution in [0.2, 0.25) is 0 Å². The van der Waals surface area contributed by atoms with Crippen molar-refractivity contribution in [2.24, 2.45) is 0 Å². The molecule has 0 saturated heterocycles. The summed E-state index contributed by atoms with van der Waals surface area (Å²) in [4.78, 5) is 5.00. The van der Waals surface area contributed by atoms with Gasteiger partial charge in [0.25, 0.3) is 0 Å². The molecule has 0 atom stereocenters. The maximum Gasteiger partial charge on any atom is 0.0715 e. The van der Waals surface area contributed by atoms with Crippen molar-refractivity contribution in [1.29, 1.82) is 0 Å². The van der Waals surface area contributed by atoms with E-state index in [0.717, 1.165) is 22.5 Å². The van der Waals surface area contributed by atoms with Crippen LogP contribution in [-0.4, -0.2) is 4.98 Å². The molecule has 0 bridgehead atoms. The summed E-state index contributed by atoms with van der Waals surface area (Å²) in [6, 6.07) is 27.6. The summed E-state index contributed by atoms with van der Waals surface area (Å²) >= 11 is 0. The first-order valence-corrected chi connectivity index (χ1v) is 9.75. The summed E-state index contributed by atoms with van der Waals surface area (Å²) in [6.45, 7) is 8.84. The fraction of sp³-hybridized carbons (Fsp3) is 0.148. The minimum Gasteiger partial charge on any atom is -0.248 e. The van der Waals surface area contributed by atoms with E-state index in [1.807, 2.05) is 12.1 Å². The lowest BCUT2D eigenvalue weighted by Gasteiger charge is -2.17. The van der Waals surface area contributed by atoms with E-state index in [9.17, 15) is 0 Å². The van der Waals surface area contributed by atoms with Gasteiger partial charge in [-0.3, -0.25) is 0 Å². The van der Waals surface area contributed by atoms with Gasteiger partial charge in [0.15, 0.2) is 0 Å². The van der Waals surface area contributed by atoms with Gasteiger partial charge in [0.05, 0.1) is 11.4 Å². The summed E-state index contributed by atoms with van der Waals surface area (Å²) < 4.78 is 0. The molecule has 28 heavy (non-hydrogen) atoms. The van der Waals surface area contributed by atoms with Crippen LogP contribution in [0.3, 0.4) is 0 Å². The predicted molar refractivity (Wildman–Crippen MR) is 119 cm³/mol. The molecule has 3 aromatic carbocycles. The molecule has 1 aromatic heterocycles. The zero-order valence-electron chi connectivity index (χ0n) is 17.0. The van der Waals surface area contributed by atoms with Crippen LogP contribution in [0.15, 0.2) is 78.9 Å². The Morgan fingerprint density at radius 3 is 1.36 bits per heavy atom. The molecule has 0 spiro atoms. The van der Waals surface area contributed by atoms with Crippen molar-refractivity contribution >= 4 is 0 Å². The van der Waals surface area contributed by atoms with E-state index in [-0.39, 0.29) is 0 Å². The number of hydrogen-bond acceptors (Lipinski definition) is 1. The summed E-state index contributed by atoms with van der Waals surface area (Å²) in [6.07, 6.45) is 0. The zero-order chi connectivity index (χ0) is 19.7. The molecule has 0 radical (unpaired) electrons. The molecule has 4 aromatic rings. The van der Waals surface area contributed by atoms with Gasteiger partial charge >= 0.3 is 0 Å². The summed E-state index contributed by atoms with van der Waals surface area (Å²) in [5.41, 5.74) is 12.2. The van der Waals surface area contributed by atoms with Crippen LogP contribution in [0.4, 0.5) is 0 Å². The second kappa shape index (κ2) is 7.44. The lowest BCUT2D eigenvalue weighted by atomic mass is 9.88. The van der Waals surface area contributed by atoms with E-state index >= 15 is 0 Å². The number of aryl methyl sites for hydroxylation is 2. The highest BCUT2D eigenvalue weighted by Crippen LogP contribution is 2.35. The number of pyridine rings is 1. The summed E-state index contributed by atoms with van der Waals surface area (Å²) in [5.74, 6) is 0. The summed E-state index contributed by atoms with van der Waals surface area (Å²) in [7, 11) is 0. The average Bonchev–Trinajstić information content (AvgIpc) is 2.74.